The van der Waals surface area contributed by atoms with E-state index in [2.05, 4.69) is 10.2 Å². The van der Waals surface area contributed by atoms with Crippen molar-refractivity contribution in [2.75, 3.05) is 44.8 Å². The number of carbonyl (C=O) groups is 2. The average Bonchev–Trinajstić information content (AvgIpc) is 3.11. The summed E-state index contributed by atoms with van der Waals surface area (Å²) >= 11 is 0. The summed E-state index contributed by atoms with van der Waals surface area (Å²) in [4.78, 5) is 28.7. The van der Waals surface area contributed by atoms with Crippen LogP contribution in [0.3, 0.4) is 0 Å². The zero-order valence-electron chi connectivity index (χ0n) is 17.4. The molecule has 2 aliphatic heterocycles. The predicted octanol–water partition coefficient (Wildman–Crippen LogP) is 0.544. The lowest BCUT2D eigenvalue weighted by Crippen LogP contribution is -2.56. The van der Waals surface area contributed by atoms with Crippen LogP contribution in [0.4, 0.5) is 0 Å². The molecule has 1 aromatic carbocycles. The van der Waals surface area contributed by atoms with Crippen LogP contribution in [0.25, 0.3) is 6.08 Å². The quantitative estimate of drug-likeness (QED) is 0.656. The summed E-state index contributed by atoms with van der Waals surface area (Å²) in [6.07, 6.45) is 3.76. The minimum absolute atomic E-state index is 0.0625. The van der Waals surface area contributed by atoms with Crippen LogP contribution in [0.2, 0.25) is 0 Å². The molecular weight excluding hydrogens is 406 g/mol. The number of benzene rings is 1. The van der Waals surface area contributed by atoms with Crippen molar-refractivity contribution in [2.45, 2.75) is 25.4 Å². The molecule has 0 aromatic heterocycles. The second-order valence-electron chi connectivity index (χ2n) is 7.75. The van der Waals surface area contributed by atoms with Crippen LogP contribution >= 0.6 is 0 Å². The minimum atomic E-state index is -2.91. The zero-order valence-corrected chi connectivity index (χ0v) is 18.2. The Bertz CT molecular complexity index is 890. The molecule has 30 heavy (non-hydrogen) atoms. The monoisotopic (exact) mass is 435 g/mol. The molecule has 2 heterocycles. The van der Waals surface area contributed by atoms with Crippen molar-refractivity contribution >= 4 is 27.7 Å². The van der Waals surface area contributed by atoms with Gasteiger partial charge >= 0.3 is 0 Å². The lowest BCUT2D eigenvalue weighted by atomic mass is 10.1. The van der Waals surface area contributed by atoms with E-state index < -0.39 is 15.9 Å². The van der Waals surface area contributed by atoms with E-state index in [4.69, 9.17) is 4.74 Å². The summed E-state index contributed by atoms with van der Waals surface area (Å²) in [6.45, 7) is 4.07. The number of carbonyl (C=O) groups excluding carboxylic acids is 2. The first-order chi connectivity index (χ1) is 14.3. The van der Waals surface area contributed by atoms with Gasteiger partial charge in [0.1, 0.15) is 11.8 Å². The summed E-state index contributed by atoms with van der Waals surface area (Å²) in [7, 11) is -1.32. The highest BCUT2D eigenvalue weighted by atomic mass is 32.2. The number of methoxy groups -OCH3 is 1. The van der Waals surface area contributed by atoms with Gasteiger partial charge < -0.3 is 15.0 Å². The Labute approximate surface area is 177 Å². The summed E-state index contributed by atoms with van der Waals surface area (Å²) in [5.41, 5.74) is 0.856. The molecule has 0 saturated carbocycles. The molecule has 1 N–H and O–H groups in total. The van der Waals surface area contributed by atoms with E-state index in [1.807, 2.05) is 24.3 Å². The lowest BCUT2D eigenvalue weighted by Gasteiger charge is -2.38. The maximum Gasteiger partial charge on any atom is 0.244 e. The third-order valence-corrected chi connectivity index (χ3v) is 7.37. The van der Waals surface area contributed by atoms with Gasteiger partial charge in [0.25, 0.3) is 0 Å². The highest BCUT2D eigenvalue weighted by Crippen LogP contribution is 2.19. The van der Waals surface area contributed by atoms with Gasteiger partial charge in [-0.15, -0.1) is 0 Å². The second-order valence-corrected chi connectivity index (χ2v) is 9.98. The van der Waals surface area contributed by atoms with Crippen molar-refractivity contribution in [3.05, 3.63) is 35.9 Å². The fraction of sp³-hybridized carbons (Fsp3) is 0.524. The maximum atomic E-state index is 12.7. The molecule has 2 amide bonds. The molecule has 164 valence electrons. The minimum Gasteiger partial charge on any atom is -0.497 e. The van der Waals surface area contributed by atoms with Gasteiger partial charge in [0.2, 0.25) is 11.8 Å². The summed E-state index contributed by atoms with van der Waals surface area (Å²) < 4.78 is 28.5. The summed E-state index contributed by atoms with van der Waals surface area (Å²) in [6, 6.07) is 6.73. The van der Waals surface area contributed by atoms with Gasteiger partial charge in [-0.2, -0.15) is 0 Å². The largest absolute Gasteiger partial charge is 0.497 e. The van der Waals surface area contributed by atoms with Gasteiger partial charge in [0.15, 0.2) is 9.84 Å². The number of hydrogen-bond donors (Lipinski definition) is 1. The van der Waals surface area contributed by atoms with Crippen molar-refractivity contribution < 1.29 is 22.7 Å². The maximum absolute atomic E-state index is 12.7. The Hall–Kier alpha value is -2.39. The van der Waals surface area contributed by atoms with Crippen molar-refractivity contribution in [2.24, 2.45) is 0 Å². The van der Waals surface area contributed by atoms with Gasteiger partial charge in [0, 0.05) is 38.3 Å². The van der Waals surface area contributed by atoms with E-state index in [0.29, 0.717) is 32.6 Å². The van der Waals surface area contributed by atoms with Crippen LogP contribution in [0.15, 0.2) is 30.3 Å². The average molecular weight is 436 g/mol. The third-order valence-electron chi connectivity index (χ3n) is 5.62. The van der Waals surface area contributed by atoms with Gasteiger partial charge in [-0.1, -0.05) is 12.1 Å². The van der Waals surface area contributed by atoms with Crippen molar-refractivity contribution in [1.29, 1.82) is 0 Å². The normalized spacial score (nSPS) is 22.7. The third kappa shape index (κ3) is 5.82. The Balaban J connectivity index is 1.45. The molecule has 0 spiro atoms. The SMILES string of the molecule is COc1ccc(/C=C/C(=O)N[C@@H](C)C(=O)N2CCN(C3CCS(=O)(=O)C3)CC2)cc1. The number of hydrogen-bond acceptors (Lipinski definition) is 6. The fourth-order valence-electron chi connectivity index (χ4n) is 3.85. The number of nitrogens with zero attached hydrogens (tertiary/aromatic N) is 2. The van der Waals surface area contributed by atoms with Crippen LogP contribution in [0, 0.1) is 0 Å². The molecule has 0 bridgehead atoms. The van der Waals surface area contributed by atoms with E-state index in [0.717, 1.165) is 11.3 Å². The highest BCUT2D eigenvalue weighted by Gasteiger charge is 2.34. The van der Waals surface area contributed by atoms with Crippen LogP contribution in [-0.2, 0) is 19.4 Å². The van der Waals surface area contributed by atoms with E-state index in [9.17, 15) is 18.0 Å². The Kier molecular flexibility index (Phi) is 7.14. The van der Waals surface area contributed by atoms with Crippen molar-refractivity contribution in [1.82, 2.24) is 15.1 Å². The first-order valence-corrected chi connectivity index (χ1v) is 12.0. The van der Waals surface area contributed by atoms with Crippen molar-refractivity contribution in [3.8, 4) is 5.75 Å². The number of rotatable bonds is 6. The molecule has 2 atom stereocenters. The number of piperazine rings is 1. The molecule has 2 saturated heterocycles. The number of nitrogens with one attached hydrogen (secondary N) is 1. The topological polar surface area (TPSA) is 96.0 Å². The Morgan fingerprint density at radius 2 is 1.83 bits per heavy atom. The van der Waals surface area contributed by atoms with Gasteiger partial charge in [0.05, 0.1) is 18.6 Å². The van der Waals surface area contributed by atoms with E-state index >= 15 is 0 Å². The molecule has 1 aromatic rings. The van der Waals surface area contributed by atoms with Crippen LogP contribution in [0.5, 0.6) is 5.75 Å². The van der Waals surface area contributed by atoms with Crippen molar-refractivity contribution in [3.63, 3.8) is 0 Å². The summed E-state index contributed by atoms with van der Waals surface area (Å²) in [5.74, 6) is 0.754. The second kappa shape index (κ2) is 9.61. The van der Waals surface area contributed by atoms with E-state index in [-0.39, 0.29) is 29.4 Å². The fourth-order valence-corrected chi connectivity index (χ4v) is 5.62. The summed E-state index contributed by atoms with van der Waals surface area (Å²) in [5, 5.41) is 2.71. The molecule has 2 aliphatic rings. The number of amides is 2. The standard InChI is InChI=1S/C21H29N3O5S/c1-16(22-20(25)8-5-17-3-6-19(29-2)7-4-17)21(26)24-12-10-23(11-13-24)18-9-14-30(27,28)15-18/h3-8,16,18H,9-15H2,1-2H3,(H,22,25)/b8-5+/t16-,18?/m0/s1. The van der Waals surface area contributed by atoms with E-state index in [1.54, 1.807) is 25.0 Å². The highest BCUT2D eigenvalue weighted by molar-refractivity contribution is 7.91. The molecule has 0 aliphatic carbocycles. The van der Waals surface area contributed by atoms with Gasteiger partial charge in [-0.3, -0.25) is 14.5 Å². The Morgan fingerprint density at radius 3 is 2.40 bits per heavy atom. The smallest absolute Gasteiger partial charge is 0.244 e. The van der Waals surface area contributed by atoms with E-state index in [1.165, 1.54) is 6.08 Å². The molecule has 3 rings (SSSR count). The van der Waals surface area contributed by atoms with Crippen LogP contribution in [0.1, 0.15) is 18.9 Å². The first-order valence-electron chi connectivity index (χ1n) is 10.1. The predicted molar refractivity (Wildman–Crippen MR) is 115 cm³/mol. The van der Waals surface area contributed by atoms with Crippen LogP contribution in [-0.4, -0.2) is 86.9 Å². The Morgan fingerprint density at radius 1 is 1.17 bits per heavy atom. The zero-order chi connectivity index (χ0) is 21.7. The molecular formula is C21H29N3O5S. The molecule has 9 heteroatoms. The molecule has 2 fully saturated rings. The number of ether oxygens (including phenoxy) is 1. The van der Waals surface area contributed by atoms with Crippen LogP contribution < -0.4 is 10.1 Å². The van der Waals surface area contributed by atoms with Gasteiger partial charge in [-0.25, -0.2) is 8.42 Å². The molecule has 8 nitrogen and oxygen atoms in total. The molecule has 0 radical (unpaired) electrons. The van der Waals surface area contributed by atoms with Gasteiger partial charge in [-0.05, 0) is 37.1 Å². The molecule has 1 unspecified atom stereocenters. The first kappa shape index (κ1) is 22.3. The number of sulfone groups is 1. The lowest BCUT2D eigenvalue weighted by molar-refractivity contribution is -0.136.